The maximum Gasteiger partial charge on any atom is 0.318 e. The van der Waals surface area contributed by atoms with E-state index in [0.29, 0.717) is 50.4 Å². The molecule has 0 bridgehead atoms. The van der Waals surface area contributed by atoms with Crippen LogP contribution in [0, 0.1) is 11.3 Å². The number of benzene rings is 2. The standard InChI is InChI=1S/C37H39ClN8O2/c1-25(26-12-16-40-17-13-26)36(47)46-21-20-45(22-28(46)11-15-39)35-30-14-19-44(33-10-4-7-27-6-3-9-31(38)34(27)33)23-32(30)41-37(42-35)48-24-29-8-5-18-43(29)2/h3-4,6-7,9-10,12-13,16-17,28-29H,1,5,8,11,14,18-24H2,2H3/t28-,29-/m0/s1. The van der Waals surface area contributed by atoms with Crippen molar-refractivity contribution in [3.05, 3.63) is 89.3 Å². The number of hydrogen-bond acceptors (Lipinski definition) is 9. The van der Waals surface area contributed by atoms with Gasteiger partial charge in [-0.3, -0.25) is 9.78 Å². The lowest BCUT2D eigenvalue weighted by molar-refractivity contribution is -0.127. The second kappa shape index (κ2) is 13.8. The summed E-state index contributed by atoms with van der Waals surface area (Å²) in [4.78, 5) is 36.4. The third-order valence-corrected chi connectivity index (χ3v) is 10.2. The molecule has 0 aliphatic carbocycles. The second-order valence-electron chi connectivity index (χ2n) is 12.8. The quantitative estimate of drug-likeness (QED) is 0.231. The Balaban J connectivity index is 1.19. The van der Waals surface area contributed by atoms with E-state index in [1.807, 2.05) is 12.1 Å². The summed E-state index contributed by atoms with van der Waals surface area (Å²) in [5, 5.41) is 12.7. The average Bonchev–Trinajstić information content (AvgIpc) is 3.54. The minimum absolute atomic E-state index is 0.167. The van der Waals surface area contributed by atoms with Crippen molar-refractivity contribution in [1.82, 2.24) is 24.8 Å². The highest BCUT2D eigenvalue weighted by Crippen LogP contribution is 2.37. The first-order valence-corrected chi connectivity index (χ1v) is 17.0. The molecule has 3 aliphatic rings. The van der Waals surface area contributed by atoms with Gasteiger partial charge in [-0.25, -0.2) is 0 Å². The number of anilines is 2. The molecule has 2 fully saturated rings. The number of likely N-dealkylation sites (tertiary alicyclic amines) is 1. The van der Waals surface area contributed by atoms with E-state index in [4.69, 9.17) is 26.3 Å². The maximum absolute atomic E-state index is 13.7. The third kappa shape index (κ3) is 6.28. The summed E-state index contributed by atoms with van der Waals surface area (Å²) >= 11 is 6.73. The number of nitriles is 1. The van der Waals surface area contributed by atoms with Gasteiger partial charge in [-0.2, -0.15) is 15.2 Å². The van der Waals surface area contributed by atoms with E-state index in [-0.39, 0.29) is 18.4 Å². The van der Waals surface area contributed by atoms with Crippen molar-refractivity contribution in [2.75, 3.05) is 56.2 Å². The van der Waals surface area contributed by atoms with Crippen molar-refractivity contribution in [2.24, 2.45) is 0 Å². The monoisotopic (exact) mass is 662 g/mol. The number of pyridine rings is 1. The Morgan fingerprint density at radius 3 is 2.62 bits per heavy atom. The van der Waals surface area contributed by atoms with Gasteiger partial charge in [0.15, 0.2) is 0 Å². The summed E-state index contributed by atoms with van der Waals surface area (Å²) in [6.07, 6.45) is 6.47. The Kier molecular flexibility index (Phi) is 9.15. The van der Waals surface area contributed by atoms with E-state index in [2.05, 4.69) is 63.6 Å². The molecule has 0 spiro atoms. The number of likely N-dealkylation sites (N-methyl/N-ethyl adjacent to an activating group) is 1. The van der Waals surface area contributed by atoms with Crippen LogP contribution in [0.1, 0.15) is 36.1 Å². The number of rotatable bonds is 8. The molecule has 0 saturated carbocycles. The highest BCUT2D eigenvalue weighted by atomic mass is 35.5. The normalized spacial score (nSPS) is 19.6. The van der Waals surface area contributed by atoms with E-state index in [0.717, 1.165) is 76.5 Å². The number of nitrogens with zero attached hydrogens (tertiary/aromatic N) is 8. The van der Waals surface area contributed by atoms with Gasteiger partial charge in [-0.05, 0) is 68.1 Å². The van der Waals surface area contributed by atoms with Gasteiger partial charge < -0.3 is 24.3 Å². The van der Waals surface area contributed by atoms with Crippen molar-refractivity contribution in [3.8, 4) is 12.1 Å². The molecule has 0 radical (unpaired) electrons. The first-order valence-electron chi connectivity index (χ1n) is 16.6. The van der Waals surface area contributed by atoms with Crippen molar-refractivity contribution in [3.63, 3.8) is 0 Å². The van der Waals surface area contributed by atoms with Gasteiger partial charge in [0, 0.05) is 66.8 Å². The smallest absolute Gasteiger partial charge is 0.318 e. The highest BCUT2D eigenvalue weighted by molar-refractivity contribution is 6.36. The van der Waals surface area contributed by atoms with Gasteiger partial charge >= 0.3 is 6.01 Å². The van der Waals surface area contributed by atoms with Crippen LogP contribution in [0.3, 0.4) is 0 Å². The van der Waals surface area contributed by atoms with Gasteiger partial charge in [-0.15, -0.1) is 0 Å². The molecule has 7 rings (SSSR count). The molecule has 2 aromatic carbocycles. The molecule has 48 heavy (non-hydrogen) atoms. The van der Waals surface area contributed by atoms with Gasteiger partial charge in [-0.1, -0.05) is 42.4 Å². The maximum atomic E-state index is 13.7. The molecule has 4 aromatic rings. The Hall–Kier alpha value is -4.72. The van der Waals surface area contributed by atoms with Crippen LogP contribution in [-0.4, -0.2) is 89.1 Å². The zero-order valence-electron chi connectivity index (χ0n) is 27.2. The first kappa shape index (κ1) is 31.9. The zero-order valence-corrected chi connectivity index (χ0v) is 27.9. The van der Waals surface area contributed by atoms with Crippen LogP contribution in [0.2, 0.25) is 5.02 Å². The number of amides is 1. The number of piperazine rings is 1. The fourth-order valence-corrected chi connectivity index (χ4v) is 7.54. The molecule has 0 unspecified atom stereocenters. The van der Waals surface area contributed by atoms with Crippen molar-refractivity contribution in [1.29, 1.82) is 5.26 Å². The molecule has 3 aliphatic heterocycles. The Labute approximate surface area is 286 Å². The lowest BCUT2D eigenvalue weighted by Gasteiger charge is -2.42. The van der Waals surface area contributed by atoms with Crippen molar-refractivity contribution >= 4 is 45.4 Å². The fraction of sp³-hybridized carbons (Fsp3) is 0.378. The minimum atomic E-state index is -0.324. The molecule has 0 N–H and O–H groups in total. The molecule has 246 valence electrons. The molecule has 2 aromatic heterocycles. The van der Waals surface area contributed by atoms with Crippen LogP contribution in [0.25, 0.3) is 16.3 Å². The van der Waals surface area contributed by atoms with Crippen LogP contribution >= 0.6 is 11.6 Å². The van der Waals surface area contributed by atoms with Crippen LogP contribution in [0.15, 0.2) is 67.5 Å². The number of carbonyl (C=O) groups is 1. The van der Waals surface area contributed by atoms with Crippen LogP contribution in [0.4, 0.5) is 11.5 Å². The number of carbonyl (C=O) groups excluding carboxylic acids is 1. The number of aromatic nitrogens is 3. The summed E-state index contributed by atoms with van der Waals surface area (Å²) in [6, 6.07) is 18.5. The summed E-state index contributed by atoms with van der Waals surface area (Å²) < 4.78 is 6.34. The van der Waals surface area contributed by atoms with E-state index in [1.54, 1.807) is 29.4 Å². The number of halogens is 1. The molecule has 1 amide bonds. The lowest BCUT2D eigenvalue weighted by atomic mass is 10.0. The fourth-order valence-electron chi connectivity index (χ4n) is 7.27. The molecule has 10 nitrogen and oxygen atoms in total. The molecule has 5 heterocycles. The summed E-state index contributed by atoms with van der Waals surface area (Å²) in [7, 11) is 2.13. The summed E-state index contributed by atoms with van der Waals surface area (Å²) in [6.45, 7) is 8.50. The third-order valence-electron chi connectivity index (χ3n) is 9.93. The predicted molar refractivity (Wildman–Crippen MR) is 188 cm³/mol. The number of fused-ring (bicyclic) bond motifs is 2. The SMILES string of the molecule is C=C(C(=O)N1CCN(c2nc(OC[C@@H]3CCCN3C)nc3c2CCN(c2cccc4cccc(Cl)c24)C3)C[C@@H]1CC#N)c1ccncc1. The average molecular weight is 663 g/mol. The molecular formula is C37H39ClN8O2. The highest BCUT2D eigenvalue weighted by Gasteiger charge is 2.35. The van der Waals surface area contributed by atoms with Crippen LogP contribution in [-0.2, 0) is 17.8 Å². The van der Waals surface area contributed by atoms with E-state index >= 15 is 0 Å². The van der Waals surface area contributed by atoms with Crippen molar-refractivity contribution in [2.45, 2.75) is 44.3 Å². The molecule has 11 heteroatoms. The molecule has 2 saturated heterocycles. The van der Waals surface area contributed by atoms with Crippen molar-refractivity contribution < 1.29 is 9.53 Å². The Morgan fingerprint density at radius 2 is 1.85 bits per heavy atom. The first-order chi connectivity index (χ1) is 23.4. The molecule has 2 atom stereocenters. The zero-order chi connectivity index (χ0) is 33.2. The number of ether oxygens (including phenoxy) is 1. The predicted octanol–water partition coefficient (Wildman–Crippen LogP) is 5.36. The largest absolute Gasteiger partial charge is 0.462 e. The Bertz CT molecular complexity index is 1870. The van der Waals surface area contributed by atoms with Gasteiger partial charge in [0.1, 0.15) is 12.4 Å². The Morgan fingerprint density at radius 1 is 1.04 bits per heavy atom. The second-order valence-corrected chi connectivity index (χ2v) is 13.2. The van der Waals surface area contributed by atoms with Gasteiger partial charge in [0.2, 0.25) is 0 Å². The van der Waals surface area contributed by atoms with Gasteiger partial charge in [0.05, 0.1) is 35.8 Å². The topological polar surface area (TPSA) is 102 Å². The van der Waals surface area contributed by atoms with E-state index in [1.165, 1.54) is 0 Å². The van der Waals surface area contributed by atoms with E-state index < -0.39 is 0 Å². The van der Waals surface area contributed by atoms with E-state index in [9.17, 15) is 10.1 Å². The molecular weight excluding hydrogens is 624 g/mol. The summed E-state index contributed by atoms with van der Waals surface area (Å²) in [5.74, 6) is 0.660. The van der Waals surface area contributed by atoms with Crippen LogP contribution in [0.5, 0.6) is 6.01 Å². The summed E-state index contributed by atoms with van der Waals surface area (Å²) in [5.41, 5.74) is 4.21. The minimum Gasteiger partial charge on any atom is -0.462 e. The van der Waals surface area contributed by atoms with Gasteiger partial charge in [0.25, 0.3) is 5.91 Å². The number of hydrogen-bond donors (Lipinski definition) is 0. The lowest BCUT2D eigenvalue weighted by Crippen LogP contribution is -2.56. The van der Waals surface area contributed by atoms with Crippen LogP contribution < -0.4 is 14.5 Å².